The van der Waals surface area contributed by atoms with Crippen molar-refractivity contribution >= 4 is 5.97 Å². The molecule has 0 aromatic heterocycles. The molecule has 0 aliphatic heterocycles. The van der Waals surface area contributed by atoms with Crippen LogP contribution >= 0.6 is 0 Å². The van der Waals surface area contributed by atoms with Gasteiger partial charge in [-0.1, -0.05) is 13.8 Å². The van der Waals surface area contributed by atoms with E-state index >= 15 is 0 Å². The highest BCUT2D eigenvalue weighted by Crippen LogP contribution is 2.11. The number of nitrogens with two attached hydrogens (primary N) is 1. The molecule has 0 spiro atoms. The quantitative estimate of drug-likeness (QED) is 0.513. The Kier molecular flexibility index (Phi) is 3.48. The lowest BCUT2D eigenvalue weighted by molar-refractivity contribution is -0.158. The molecule has 0 amide bonds. The van der Waals surface area contributed by atoms with Gasteiger partial charge in [-0.3, -0.25) is 5.73 Å². The van der Waals surface area contributed by atoms with Crippen LogP contribution in [0.25, 0.3) is 0 Å². The van der Waals surface area contributed by atoms with Crippen molar-refractivity contribution in [3.8, 4) is 0 Å². The van der Waals surface area contributed by atoms with E-state index in [1.165, 1.54) is 0 Å². The van der Waals surface area contributed by atoms with E-state index in [9.17, 15) is 4.79 Å². The molecule has 0 radical (unpaired) electrons. The van der Waals surface area contributed by atoms with Crippen LogP contribution in [0.3, 0.4) is 0 Å². The van der Waals surface area contributed by atoms with E-state index in [1.54, 1.807) is 0 Å². The number of rotatable bonds is 4. The first-order valence-corrected chi connectivity index (χ1v) is 3.61. The third-order valence-electron chi connectivity index (χ3n) is 1.47. The Morgan fingerprint density at radius 2 is 2.09 bits per heavy atom. The monoisotopic (exact) mass is 161 g/mol. The van der Waals surface area contributed by atoms with E-state index in [0.717, 1.165) is 0 Å². The van der Waals surface area contributed by atoms with E-state index in [2.05, 4.69) is 0 Å². The van der Waals surface area contributed by atoms with E-state index in [-0.39, 0.29) is 6.42 Å². The largest absolute Gasteiger partial charge is 0.478 e. The molecule has 0 aliphatic rings. The summed E-state index contributed by atoms with van der Waals surface area (Å²) in [5.74, 6) is -1.01. The van der Waals surface area contributed by atoms with Crippen molar-refractivity contribution in [2.24, 2.45) is 11.7 Å². The second-order valence-electron chi connectivity index (χ2n) is 3.16. The van der Waals surface area contributed by atoms with Crippen molar-refractivity contribution in [3.05, 3.63) is 0 Å². The Bertz CT molecular complexity index is 143. The van der Waals surface area contributed by atoms with Gasteiger partial charge in [0, 0.05) is 6.42 Å². The zero-order chi connectivity index (χ0) is 9.07. The number of hydrogen-bond donors (Lipinski definition) is 3. The summed E-state index contributed by atoms with van der Waals surface area (Å²) >= 11 is 0. The van der Waals surface area contributed by atoms with Gasteiger partial charge in [0.25, 0.3) is 0 Å². The van der Waals surface area contributed by atoms with Gasteiger partial charge in [-0.15, -0.1) is 0 Å². The molecule has 0 fully saturated rings. The minimum absolute atomic E-state index is 0.0972. The molecule has 0 saturated carbocycles. The van der Waals surface area contributed by atoms with Crippen LogP contribution in [0, 0.1) is 5.92 Å². The molecule has 0 bridgehead atoms. The lowest BCUT2D eigenvalue weighted by Gasteiger charge is -2.18. The van der Waals surface area contributed by atoms with Crippen LogP contribution in [0.4, 0.5) is 0 Å². The molecule has 4 heteroatoms. The lowest BCUT2D eigenvalue weighted by atomic mass is 10.0. The van der Waals surface area contributed by atoms with E-state index < -0.39 is 11.7 Å². The van der Waals surface area contributed by atoms with Crippen LogP contribution < -0.4 is 5.73 Å². The maximum atomic E-state index is 10.3. The van der Waals surface area contributed by atoms with Gasteiger partial charge in [0.05, 0.1) is 0 Å². The number of hydrogen-bond acceptors (Lipinski definition) is 3. The molecule has 4 N–H and O–H groups in total. The summed E-state index contributed by atoms with van der Waals surface area (Å²) in [6.45, 7) is 3.88. The third kappa shape index (κ3) is 3.95. The normalized spacial score (nSPS) is 16.5. The van der Waals surface area contributed by atoms with Crippen molar-refractivity contribution in [3.63, 3.8) is 0 Å². The number of carboxylic acid groups (broad SMARTS) is 1. The van der Waals surface area contributed by atoms with Crippen LogP contribution in [-0.4, -0.2) is 21.9 Å². The topological polar surface area (TPSA) is 83.5 Å². The average molecular weight is 161 g/mol. The lowest BCUT2D eigenvalue weighted by Crippen LogP contribution is -2.47. The predicted molar refractivity (Wildman–Crippen MR) is 40.8 cm³/mol. The number of carbonyl (C=O) groups is 1. The summed E-state index contributed by atoms with van der Waals surface area (Å²) in [4.78, 5) is 10.3. The highest BCUT2D eigenvalue weighted by Gasteiger charge is 2.30. The molecule has 0 aliphatic carbocycles. The zero-order valence-corrected chi connectivity index (χ0v) is 6.87. The molecular weight excluding hydrogens is 146 g/mol. The molecule has 0 unspecified atom stereocenters. The van der Waals surface area contributed by atoms with E-state index in [0.29, 0.717) is 12.3 Å². The average Bonchev–Trinajstić information content (AvgIpc) is 1.84. The van der Waals surface area contributed by atoms with Gasteiger partial charge in [0.1, 0.15) is 0 Å². The molecule has 66 valence electrons. The molecule has 11 heavy (non-hydrogen) atoms. The van der Waals surface area contributed by atoms with Gasteiger partial charge >= 0.3 is 5.97 Å². The Hall–Kier alpha value is -0.610. The number of aliphatic carboxylic acids is 1. The van der Waals surface area contributed by atoms with Gasteiger partial charge in [-0.05, 0) is 12.3 Å². The van der Waals surface area contributed by atoms with Crippen molar-refractivity contribution < 1.29 is 15.0 Å². The molecule has 0 rings (SSSR count). The summed E-state index contributed by atoms with van der Waals surface area (Å²) in [6, 6.07) is 0. The van der Waals surface area contributed by atoms with Crippen LogP contribution in [0.5, 0.6) is 0 Å². The standard InChI is InChI=1S/C7H15NO3/c1-5(2)3-4-7(8,11)6(9)10/h5,11H,3-4,8H2,1-2H3,(H,9,10)/t7-/m1/s1. The third-order valence-corrected chi connectivity index (χ3v) is 1.47. The van der Waals surface area contributed by atoms with Crippen LogP contribution in [0.2, 0.25) is 0 Å². The van der Waals surface area contributed by atoms with E-state index in [4.69, 9.17) is 15.9 Å². The summed E-state index contributed by atoms with van der Waals surface area (Å²) in [6.07, 6.45) is 0.708. The number of carboxylic acids is 1. The Morgan fingerprint density at radius 1 is 1.64 bits per heavy atom. The van der Waals surface area contributed by atoms with E-state index in [1.807, 2.05) is 13.8 Å². The van der Waals surface area contributed by atoms with Crippen molar-refractivity contribution in [1.29, 1.82) is 0 Å². The summed E-state index contributed by atoms with van der Waals surface area (Å²) in [7, 11) is 0. The fourth-order valence-electron chi connectivity index (χ4n) is 0.616. The first-order chi connectivity index (χ1) is 4.86. The minimum Gasteiger partial charge on any atom is -0.478 e. The summed E-state index contributed by atoms with van der Waals surface area (Å²) in [5.41, 5.74) is 3.01. The maximum Gasteiger partial charge on any atom is 0.350 e. The zero-order valence-electron chi connectivity index (χ0n) is 6.87. The summed E-state index contributed by atoms with van der Waals surface area (Å²) < 4.78 is 0. The Balaban J connectivity index is 3.83. The second-order valence-corrected chi connectivity index (χ2v) is 3.16. The molecule has 0 aromatic carbocycles. The Morgan fingerprint density at radius 3 is 2.36 bits per heavy atom. The van der Waals surface area contributed by atoms with Crippen molar-refractivity contribution in [2.45, 2.75) is 32.4 Å². The van der Waals surface area contributed by atoms with Gasteiger partial charge in [-0.25, -0.2) is 4.79 Å². The van der Waals surface area contributed by atoms with Gasteiger partial charge in [-0.2, -0.15) is 0 Å². The summed E-state index contributed by atoms with van der Waals surface area (Å²) in [5, 5.41) is 17.4. The second kappa shape index (κ2) is 3.69. The fraction of sp³-hybridized carbons (Fsp3) is 0.857. The minimum atomic E-state index is -2.05. The first kappa shape index (κ1) is 10.4. The molecule has 1 atom stereocenters. The van der Waals surface area contributed by atoms with Gasteiger partial charge in [0.2, 0.25) is 5.72 Å². The van der Waals surface area contributed by atoms with Gasteiger partial charge < -0.3 is 10.2 Å². The Labute approximate surface area is 66.0 Å². The molecule has 4 nitrogen and oxygen atoms in total. The van der Waals surface area contributed by atoms with Crippen molar-refractivity contribution in [2.75, 3.05) is 0 Å². The molecule has 0 heterocycles. The smallest absolute Gasteiger partial charge is 0.350 e. The van der Waals surface area contributed by atoms with Crippen molar-refractivity contribution in [1.82, 2.24) is 0 Å². The maximum absolute atomic E-state index is 10.3. The fourth-order valence-corrected chi connectivity index (χ4v) is 0.616. The van der Waals surface area contributed by atoms with Crippen LogP contribution in [0.15, 0.2) is 0 Å². The SMILES string of the molecule is CC(C)CC[C@@](N)(O)C(=O)O. The molecular formula is C7H15NO3. The molecule has 0 saturated heterocycles. The van der Waals surface area contributed by atoms with Gasteiger partial charge in [0.15, 0.2) is 0 Å². The first-order valence-electron chi connectivity index (χ1n) is 3.61. The predicted octanol–water partition coefficient (Wildman–Crippen LogP) is 0.154. The van der Waals surface area contributed by atoms with Crippen LogP contribution in [-0.2, 0) is 4.79 Å². The highest BCUT2D eigenvalue weighted by atomic mass is 16.4. The van der Waals surface area contributed by atoms with Crippen LogP contribution in [0.1, 0.15) is 26.7 Å². The number of aliphatic hydroxyl groups is 1. The highest BCUT2D eigenvalue weighted by molar-refractivity contribution is 5.75. The molecule has 0 aromatic rings.